The largest absolute Gasteiger partial charge is 0.477 e. The van der Waals surface area contributed by atoms with Gasteiger partial charge in [0.1, 0.15) is 11.5 Å². The molecule has 0 aliphatic rings. The maximum Gasteiger partial charge on any atom is 0.353 e. The first-order valence-electron chi connectivity index (χ1n) is 9.27. The number of H-pyrrole nitrogens is 1. The van der Waals surface area contributed by atoms with E-state index in [1.165, 1.54) is 0 Å². The second kappa shape index (κ2) is 11.3. The van der Waals surface area contributed by atoms with Gasteiger partial charge in [0.25, 0.3) is 11.8 Å². The van der Waals surface area contributed by atoms with Gasteiger partial charge in [-0.3, -0.25) is 14.7 Å². The number of aromatic amines is 1. The molecule has 33 heavy (non-hydrogen) atoms. The number of hydrogen-bond donors (Lipinski definition) is 4. The first-order chi connectivity index (χ1) is 15.5. The van der Waals surface area contributed by atoms with Gasteiger partial charge in [-0.2, -0.15) is 5.10 Å². The predicted octanol–water partition coefficient (Wildman–Crippen LogP) is 4.24. The Kier molecular flexibility index (Phi) is 8.78. The zero-order valence-electron chi connectivity index (χ0n) is 17.7. The van der Waals surface area contributed by atoms with Crippen LogP contribution in [-0.2, 0) is 0 Å². The molecule has 1 aromatic heterocycles. The summed E-state index contributed by atoms with van der Waals surface area (Å²) in [6.07, 6.45) is 0. The number of anilines is 2. The molecule has 0 spiro atoms. The van der Waals surface area contributed by atoms with Crippen LogP contribution in [0.2, 0.25) is 10.0 Å². The number of benzene rings is 2. The number of carboxylic acid groups (broad SMARTS) is 1. The van der Waals surface area contributed by atoms with E-state index in [9.17, 15) is 18.8 Å². The Morgan fingerprint density at radius 2 is 1.70 bits per heavy atom. The van der Waals surface area contributed by atoms with E-state index in [1.54, 1.807) is 19.0 Å². The number of nitrogens with one attached hydrogen (secondary N) is 3. The maximum absolute atomic E-state index is 13.3. The first kappa shape index (κ1) is 25.6. The predicted molar refractivity (Wildman–Crippen MR) is 124 cm³/mol. The van der Waals surface area contributed by atoms with E-state index in [2.05, 4.69) is 20.8 Å². The zero-order valence-corrected chi connectivity index (χ0v) is 19.3. The van der Waals surface area contributed by atoms with Gasteiger partial charge in [-0.25, -0.2) is 9.18 Å². The number of amides is 2. The monoisotopic (exact) mass is 495 g/mol. The minimum absolute atomic E-state index is 0.0289. The van der Waals surface area contributed by atoms with Crippen molar-refractivity contribution < 1.29 is 23.9 Å². The summed E-state index contributed by atoms with van der Waals surface area (Å²) in [5, 5.41) is 19.5. The highest BCUT2D eigenvalue weighted by molar-refractivity contribution is 6.37. The van der Waals surface area contributed by atoms with Gasteiger partial charge in [0, 0.05) is 38.5 Å². The molecule has 3 aromatic rings. The van der Waals surface area contributed by atoms with Crippen LogP contribution in [0.25, 0.3) is 0 Å². The number of carboxylic acids is 1. The van der Waals surface area contributed by atoms with Crippen LogP contribution in [0, 0.1) is 5.82 Å². The molecule has 12 heteroatoms. The van der Waals surface area contributed by atoms with Gasteiger partial charge in [-0.05, 0) is 36.4 Å². The van der Waals surface area contributed by atoms with E-state index >= 15 is 0 Å². The third-order valence-electron chi connectivity index (χ3n) is 4.13. The third kappa shape index (κ3) is 6.93. The summed E-state index contributed by atoms with van der Waals surface area (Å²) in [7, 11) is 5.34. The molecule has 4 N–H and O–H groups in total. The topological polar surface area (TPSA) is 127 Å². The number of hydrogen-bond acceptors (Lipinski definition) is 5. The quantitative estimate of drug-likeness (QED) is 0.392. The van der Waals surface area contributed by atoms with E-state index < -0.39 is 17.7 Å². The minimum atomic E-state index is -1.23. The standard InChI is InChI=1S/C11H6Cl2FN3O3.C10H14N2O/c12-5-2-6(13)7(14)1-4(5)10(18)15-9-3-8(11(19)20)16-17-9;1-11-9-6-4-8(5-7-9)10(13)12(2)3/h1-3H,(H,19,20)(H2,15,16,17,18);4-7,11H,1-3H3. The van der Waals surface area contributed by atoms with Crippen LogP contribution < -0.4 is 10.6 Å². The van der Waals surface area contributed by atoms with Crippen molar-refractivity contribution in [3.05, 3.63) is 75.1 Å². The van der Waals surface area contributed by atoms with Gasteiger partial charge in [-0.15, -0.1) is 0 Å². The van der Waals surface area contributed by atoms with Gasteiger partial charge < -0.3 is 20.6 Å². The highest BCUT2D eigenvalue weighted by Gasteiger charge is 2.16. The Balaban J connectivity index is 0.000000257. The lowest BCUT2D eigenvalue weighted by Gasteiger charge is -2.10. The number of carbonyl (C=O) groups excluding carboxylic acids is 2. The van der Waals surface area contributed by atoms with E-state index in [0.29, 0.717) is 5.56 Å². The number of carbonyl (C=O) groups is 3. The first-order valence-corrected chi connectivity index (χ1v) is 10.0. The average molecular weight is 496 g/mol. The molecule has 0 atom stereocenters. The molecule has 0 saturated heterocycles. The Morgan fingerprint density at radius 3 is 2.21 bits per heavy atom. The lowest BCUT2D eigenvalue weighted by atomic mass is 10.2. The van der Waals surface area contributed by atoms with Crippen molar-refractivity contribution in [2.24, 2.45) is 0 Å². The van der Waals surface area contributed by atoms with Gasteiger partial charge in [-0.1, -0.05) is 23.2 Å². The van der Waals surface area contributed by atoms with Crippen LogP contribution in [0.1, 0.15) is 31.2 Å². The van der Waals surface area contributed by atoms with E-state index in [-0.39, 0.29) is 33.0 Å². The summed E-state index contributed by atoms with van der Waals surface area (Å²) in [6, 6.07) is 10.5. The van der Waals surface area contributed by atoms with Crippen molar-refractivity contribution in [1.29, 1.82) is 0 Å². The van der Waals surface area contributed by atoms with Crippen LogP contribution in [0.15, 0.2) is 42.5 Å². The average Bonchev–Trinajstić information content (AvgIpc) is 3.25. The summed E-state index contributed by atoms with van der Waals surface area (Å²) in [4.78, 5) is 35.5. The van der Waals surface area contributed by atoms with Crippen LogP contribution >= 0.6 is 23.2 Å². The van der Waals surface area contributed by atoms with E-state index in [1.807, 2.05) is 31.3 Å². The number of nitrogens with zero attached hydrogens (tertiary/aromatic N) is 2. The maximum atomic E-state index is 13.3. The summed E-state index contributed by atoms with van der Waals surface area (Å²) in [5.41, 5.74) is 1.38. The van der Waals surface area contributed by atoms with Crippen LogP contribution in [0.5, 0.6) is 0 Å². The van der Waals surface area contributed by atoms with Crippen molar-refractivity contribution in [2.45, 2.75) is 0 Å². The molecule has 0 unspecified atom stereocenters. The molecule has 1 heterocycles. The van der Waals surface area contributed by atoms with Gasteiger partial charge in [0.05, 0.1) is 15.6 Å². The highest BCUT2D eigenvalue weighted by atomic mass is 35.5. The van der Waals surface area contributed by atoms with Crippen molar-refractivity contribution in [3.63, 3.8) is 0 Å². The summed E-state index contributed by atoms with van der Waals surface area (Å²) in [5.74, 6) is -2.77. The lowest BCUT2D eigenvalue weighted by molar-refractivity contribution is 0.0689. The third-order valence-corrected chi connectivity index (χ3v) is 4.73. The number of rotatable bonds is 5. The minimum Gasteiger partial charge on any atom is -0.477 e. The molecule has 0 radical (unpaired) electrons. The molecule has 2 aromatic carbocycles. The Morgan fingerprint density at radius 1 is 1.06 bits per heavy atom. The lowest BCUT2D eigenvalue weighted by Crippen LogP contribution is -2.21. The smallest absolute Gasteiger partial charge is 0.353 e. The highest BCUT2D eigenvalue weighted by Crippen LogP contribution is 2.25. The van der Waals surface area contributed by atoms with Crippen molar-refractivity contribution in [3.8, 4) is 0 Å². The molecule has 0 aliphatic carbocycles. The number of aromatic carboxylic acids is 1. The fraction of sp³-hybridized carbons (Fsp3) is 0.143. The van der Waals surface area contributed by atoms with Gasteiger partial charge in [0.15, 0.2) is 5.82 Å². The van der Waals surface area contributed by atoms with Crippen molar-refractivity contribution >= 4 is 52.5 Å². The van der Waals surface area contributed by atoms with Crippen molar-refractivity contribution in [1.82, 2.24) is 15.1 Å². The van der Waals surface area contributed by atoms with Crippen LogP contribution in [0.3, 0.4) is 0 Å². The van der Waals surface area contributed by atoms with E-state index in [4.69, 9.17) is 28.3 Å². The fourth-order valence-corrected chi connectivity index (χ4v) is 2.88. The second-order valence-corrected chi connectivity index (χ2v) is 7.51. The van der Waals surface area contributed by atoms with Gasteiger partial charge in [0.2, 0.25) is 0 Å². The van der Waals surface area contributed by atoms with Crippen LogP contribution in [-0.4, -0.2) is 59.1 Å². The molecule has 2 amide bonds. The Hall–Kier alpha value is -3.63. The second-order valence-electron chi connectivity index (χ2n) is 6.70. The molecule has 0 bridgehead atoms. The zero-order chi connectivity index (χ0) is 24.7. The van der Waals surface area contributed by atoms with Gasteiger partial charge >= 0.3 is 5.97 Å². The fourth-order valence-electron chi connectivity index (χ4n) is 2.41. The molecule has 0 fully saturated rings. The normalized spacial score (nSPS) is 10.0. The molecule has 0 aliphatic heterocycles. The molecule has 3 rings (SSSR count). The summed E-state index contributed by atoms with van der Waals surface area (Å²) < 4.78 is 13.3. The molecule has 0 saturated carbocycles. The molecule has 174 valence electrons. The Bertz CT molecular complexity index is 1170. The SMILES string of the molecule is CNc1ccc(C(=O)N(C)C)cc1.O=C(O)c1cc(NC(=O)c2cc(F)c(Cl)cc2Cl)n[nH]1. The number of halogens is 3. The summed E-state index contributed by atoms with van der Waals surface area (Å²) in [6.45, 7) is 0. The molecular formula is C21H20Cl2FN5O4. The molecule has 9 nitrogen and oxygen atoms in total. The van der Waals surface area contributed by atoms with Crippen molar-refractivity contribution in [2.75, 3.05) is 31.8 Å². The number of aromatic nitrogens is 2. The molecular weight excluding hydrogens is 476 g/mol. The summed E-state index contributed by atoms with van der Waals surface area (Å²) >= 11 is 11.3. The Labute approximate surface area is 198 Å². The van der Waals surface area contributed by atoms with E-state index in [0.717, 1.165) is 23.9 Å². The van der Waals surface area contributed by atoms with Crippen LogP contribution in [0.4, 0.5) is 15.9 Å².